The summed E-state index contributed by atoms with van der Waals surface area (Å²) in [5.41, 5.74) is 1.63. The molecule has 0 radical (unpaired) electrons. The molecular weight excluding hydrogens is 869 g/mol. The van der Waals surface area contributed by atoms with E-state index >= 15 is 0 Å². The number of aromatic nitrogens is 6. The predicted octanol–water partition coefficient (Wildman–Crippen LogP) is 4.57. The van der Waals surface area contributed by atoms with Crippen LogP contribution in [-0.4, -0.2) is 163 Å². The predicted molar refractivity (Wildman–Crippen MR) is 247 cm³/mol. The smallest absolute Gasteiger partial charge is 0.295 e. The average molecular weight is 927 g/mol. The molecule has 0 bridgehead atoms. The molecule has 4 heterocycles. The van der Waals surface area contributed by atoms with Gasteiger partial charge in [0.1, 0.15) is 4.90 Å². The lowest BCUT2D eigenvalue weighted by atomic mass is 10.1. The van der Waals surface area contributed by atoms with Gasteiger partial charge in [-0.15, -0.1) is 4.33 Å². The van der Waals surface area contributed by atoms with Crippen LogP contribution >= 0.6 is 12.0 Å². The fourth-order valence-corrected chi connectivity index (χ4v) is 8.05. The van der Waals surface area contributed by atoms with E-state index in [-0.39, 0.29) is 16.4 Å². The molecule has 22 nitrogen and oxygen atoms in total. The number of hydrogen-bond donors (Lipinski definition) is 6. The van der Waals surface area contributed by atoms with Gasteiger partial charge < -0.3 is 50.3 Å². The summed E-state index contributed by atoms with van der Waals surface area (Å²) in [4.78, 5) is 36.6. The molecule has 348 valence electrons. The SMILES string of the molecule is CCN(CC)CCNc1nc(Nc2ccc(C=Cc3ccc(Nc4nc(NCCN(CC)CC)nc(N5CCOCC5)n4)cc3S(=O)(=O)O)c(SOOO)c2)nc(N2CCOCC2)n1. The van der Waals surface area contributed by atoms with Crippen LogP contribution in [0, 0.1) is 0 Å². The van der Waals surface area contributed by atoms with Gasteiger partial charge in [-0.25, -0.2) is 5.26 Å². The van der Waals surface area contributed by atoms with Gasteiger partial charge in [-0.1, -0.05) is 57.0 Å². The zero-order chi connectivity index (χ0) is 45.3. The highest BCUT2D eigenvalue weighted by molar-refractivity contribution is 7.94. The molecule has 2 aliphatic heterocycles. The average Bonchev–Trinajstić information content (AvgIpc) is 3.31. The third kappa shape index (κ3) is 14.2. The minimum atomic E-state index is -4.72. The van der Waals surface area contributed by atoms with Gasteiger partial charge in [-0.3, -0.25) is 4.55 Å². The molecule has 0 unspecified atom stereocenters. The highest BCUT2D eigenvalue weighted by Gasteiger charge is 2.21. The second-order valence-corrected chi connectivity index (χ2v) is 16.6. The summed E-state index contributed by atoms with van der Waals surface area (Å²) < 4.78 is 51.9. The first-order valence-corrected chi connectivity index (χ1v) is 23.5. The summed E-state index contributed by atoms with van der Waals surface area (Å²) in [7, 11) is -4.72. The zero-order valence-electron chi connectivity index (χ0n) is 36.6. The molecule has 2 fully saturated rings. The van der Waals surface area contributed by atoms with Crippen LogP contribution in [0.25, 0.3) is 12.2 Å². The second kappa shape index (κ2) is 24.3. The number of anilines is 8. The van der Waals surface area contributed by atoms with Crippen LogP contribution in [0.2, 0.25) is 0 Å². The number of rotatable bonds is 24. The normalized spacial score (nSPS) is 14.8. The van der Waals surface area contributed by atoms with E-state index in [1.807, 2.05) is 9.80 Å². The Labute approximate surface area is 378 Å². The maximum absolute atomic E-state index is 12.8. The number of hydrogen-bond acceptors (Lipinski definition) is 22. The zero-order valence-corrected chi connectivity index (χ0v) is 38.2. The topological polar surface area (TPSA) is 250 Å². The lowest BCUT2D eigenvalue weighted by Gasteiger charge is -2.27. The summed E-state index contributed by atoms with van der Waals surface area (Å²) in [5, 5.41) is 25.9. The van der Waals surface area contributed by atoms with E-state index in [1.54, 1.807) is 36.4 Å². The first-order chi connectivity index (χ1) is 31.1. The molecule has 24 heteroatoms. The van der Waals surface area contributed by atoms with E-state index < -0.39 is 10.1 Å². The number of nitrogens with zero attached hydrogens (tertiary/aromatic N) is 10. The van der Waals surface area contributed by atoms with Crippen molar-refractivity contribution in [3.63, 3.8) is 0 Å². The third-order valence-electron chi connectivity index (χ3n) is 10.5. The van der Waals surface area contributed by atoms with Crippen molar-refractivity contribution in [2.75, 3.05) is 136 Å². The molecule has 6 N–H and O–H groups in total. The van der Waals surface area contributed by atoms with Gasteiger partial charge >= 0.3 is 0 Å². The fraction of sp³-hybridized carbons (Fsp3) is 0.500. The number of ether oxygens (including phenoxy) is 2. The molecule has 6 rings (SSSR count). The molecule has 2 aliphatic rings. The fourth-order valence-electron chi connectivity index (χ4n) is 6.83. The van der Waals surface area contributed by atoms with Gasteiger partial charge in [0.05, 0.1) is 38.5 Å². The Bertz CT molecular complexity index is 2240. The number of morpholine rings is 2. The van der Waals surface area contributed by atoms with Crippen molar-refractivity contribution in [2.24, 2.45) is 0 Å². The third-order valence-corrected chi connectivity index (χ3v) is 12.0. The van der Waals surface area contributed by atoms with Crippen LogP contribution in [-0.2, 0) is 29.0 Å². The van der Waals surface area contributed by atoms with Gasteiger partial charge in [0.25, 0.3) is 10.1 Å². The number of nitrogens with one attached hydrogen (secondary N) is 4. The van der Waals surface area contributed by atoms with Crippen molar-refractivity contribution in [3.05, 3.63) is 47.5 Å². The molecule has 4 aromatic rings. The lowest BCUT2D eigenvalue weighted by molar-refractivity contribution is -0.432. The standard InChI is InChI=1S/C40H58N14O8S2/c1-5-51(6-2)17-15-41-35-45-37(49-39(47-35)53-19-23-59-24-20-53)43-31-13-11-29(33(27-31)63-62-61-55)9-10-30-12-14-32(28-34(30)64(56,57)58)44-38-46-36(42-16-18-52(7-3)8-4)48-40(50-38)54-21-25-60-26-22-54/h9-14,27-28,55H,5-8,15-26H2,1-4H3,(H,56,57,58)(H2,41,43,45,47,49)(H2,42,44,46,48,50). The van der Waals surface area contributed by atoms with E-state index in [4.69, 9.17) is 24.0 Å². The van der Waals surface area contributed by atoms with E-state index in [1.165, 1.54) is 12.1 Å². The minimum absolute atomic E-state index is 0.185. The van der Waals surface area contributed by atoms with Crippen molar-refractivity contribution >= 4 is 81.4 Å². The molecule has 0 saturated carbocycles. The first kappa shape index (κ1) is 48.4. The number of benzene rings is 2. The highest BCUT2D eigenvalue weighted by atomic mass is 32.2. The van der Waals surface area contributed by atoms with Gasteiger partial charge in [0, 0.05) is 68.6 Å². The molecule has 2 aromatic carbocycles. The van der Waals surface area contributed by atoms with Crippen molar-refractivity contribution in [2.45, 2.75) is 37.5 Å². The summed E-state index contributed by atoms with van der Waals surface area (Å²) in [6.07, 6.45) is 3.17. The van der Waals surface area contributed by atoms with Crippen molar-refractivity contribution in [3.8, 4) is 0 Å². The van der Waals surface area contributed by atoms with Crippen LogP contribution in [0.4, 0.5) is 47.1 Å². The molecule has 2 aromatic heterocycles. The van der Waals surface area contributed by atoms with Gasteiger partial charge in [0.15, 0.2) is 0 Å². The highest BCUT2D eigenvalue weighted by Crippen LogP contribution is 2.32. The van der Waals surface area contributed by atoms with Crippen molar-refractivity contribution in [1.29, 1.82) is 0 Å². The van der Waals surface area contributed by atoms with Gasteiger partial charge in [-0.05, 0) is 61.6 Å². The minimum Gasteiger partial charge on any atom is -0.378 e. The molecule has 0 spiro atoms. The molecule has 0 atom stereocenters. The Balaban J connectivity index is 1.23. The Hall–Kier alpha value is -5.02. The Kier molecular flexibility index (Phi) is 18.4. The summed E-state index contributed by atoms with van der Waals surface area (Å²) in [5.74, 6) is 2.21. The lowest BCUT2D eigenvalue weighted by Crippen LogP contribution is -2.37. The van der Waals surface area contributed by atoms with Crippen LogP contribution in [0.3, 0.4) is 0 Å². The van der Waals surface area contributed by atoms with Crippen molar-refractivity contribution < 1.29 is 37.1 Å². The quantitative estimate of drug-likeness (QED) is 0.0185. The molecule has 0 amide bonds. The van der Waals surface area contributed by atoms with E-state index in [0.29, 0.717) is 117 Å². The van der Waals surface area contributed by atoms with Crippen molar-refractivity contribution in [1.82, 2.24) is 39.7 Å². The Morgan fingerprint density at radius 2 is 1.14 bits per heavy atom. The maximum atomic E-state index is 12.8. The summed E-state index contributed by atoms with van der Waals surface area (Å²) >= 11 is 0.718. The van der Waals surface area contributed by atoms with E-state index in [0.717, 1.165) is 51.3 Å². The monoisotopic (exact) mass is 926 g/mol. The number of likely N-dealkylation sites (N-methyl/N-ethyl adjacent to an activating group) is 2. The van der Waals surface area contributed by atoms with E-state index in [2.05, 4.69) is 88.7 Å². The maximum Gasteiger partial charge on any atom is 0.295 e. The van der Waals surface area contributed by atoms with Crippen LogP contribution in [0.1, 0.15) is 38.8 Å². The largest absolute Gasteiger partial charge is 0.378 e. The second-order valence-electron chi connectivity index (χ2n) is 14.5. The van der Waals surface area contributed by atoms with E-state index in [9.17, 15) is 13.0 Å². The summed E-state index contributed by atoms with van der Waals surface area (Å²) in [6, 6.07) is 9.75. The van der Waals surface area contributed by atoms with Gasteiger partial charge in [-0.2, -0.15) is 38.3 Å². The Morgan fingerprint density at radius 1 is 0.688 bits per heavy atom. The molecular formula is C40H58N14O8S2. The molecule has 64 heavy (non-hydrogen) atoms. The Morgan fingerprint density at radius 3 is 1.61 bits per heavy atom. The first-order valence-electron chi connectivity index (χ1n) is 21.3. The summed E-state index contributed by atoms with van der Waals surface area (Å²) in [6.45, 7) is 19.6. The van der Waals surface area contributed by atoms with Gasteiger partial charge in [0.2, 0.25) is 35.7 Å². The van der Waals surface area contributed by atoms with Crippen LogP contribution in [0.15, 0.2) is 46.2 Å². The molecule has 2 saturated heterocycles. The van der Waals surface area contributed by atoms with Crippen LogP contribution < -0.4 is 31.1 Å². The molecule has 0 aliphatic carbocycles. The van der Waals surface area contributed by atoms with Crippen LogP contribution in [0.5, 0.6) is 0 Å².